The molecule has 1 aromatic carbocycles. The van der Waals surface area contributed by atoms with Crippen LogP contribution in [0, 0.1) is 6.92 Å². The quantitative estimate of drug-likeness (QED) is 0.823. The molecular formula is C18H21ClN2O4. The van der Waals surface area contributed by atoms with Crippen LogP contribution < -0.4 is 0 Å². The number of carbonyl (C=O) groups is 3. The summed E-state index contributed by atoms with van der Waals surface area (Å²) >= 11 is 6.02. The summed E-state index contributed by atoms with van der Waals surface area (Å²) in [5.74, 6) is -0.186. The van der Waals surface area contributed by atoms with Gasteiger partial charge in [0.05, 0.1) is 0 Å². The number of ether oxygens (including phenoxy) is 1. The number of carbonyl (C=O) groups excluding carboxylic acids is 3. The summed E-state index contributed by atoms with van der Waals surface area (Å²) in [5, 5.41) is 0.729. The smallest absolute Gasteiger partial charge is 0.417 e. The molecule has 2 saturated heterocycles. The minimum atomic E-state index is -0.562. The van der Waals surface area contributed by atoms with Crippen molar-refractivity contribution in [3.05, 3.63) is 34.3 Å². The van der Waals surface area contributed by atoms with Crippen molar-refractivity contribution in [2.45, 2.75) is 38.6 Å². The summed E-state index contributed by atoms with van der Waals surface area (Å²) in [6.45, 7) is 2.89. The molecule has 0 N–H and O–H groups in total. The Morgan fingerprint density at radius 2 is 2.00 bits per heavy atom. The number of halogens is 1. The molecule has 0 spiro atoms. The highest BCUT2D eigenvalue weighted by molar-refractivity contribution is 6.31. The maximum absolute atomic E-state index is 12.4. The normalized spacial score (nSPS) is 18.6. The molecule has 3 rings (SSSR count). The monoisotopic (exact) mass is 364 g/mol. The van der Waals surface area contributed by atoms with E-state index in [0.717, 1.165) is 16.1 Å². The Hall–Kier alpha value is -2.08. The van der Waals surface area contributed by atoms with E-state index in [1.54, 1.807) is 0 Å². The summed E-state index contributed by atoms with van der Waals surface area (Å²) in [6.07, 6.45) is 1.76. The molecule has 6 nitrogen and oxygen atoms in total. The van der Waals surface area contributed by atoms with Crippen LogP contribution in [0.1, 0.15) is 30.4 Å². The number of hydrogen-bond acceptors (Lipinski definition) is 4. The lowest BCUT2D eigenvalue weighted by molar-refractivity contribution is -0.133. The molecule has 0 unspecified atom stereocenters. The van der Waals surface area contributed by atoms with Crippen LogP contribution in [0.2, 0.25) is 5.02 Å². The van der Waals surface area contributed by atoms with Crippen molar-refractivity contribution in [1.29, 1.82) is 0 Å². The third-order valence-electron chi connectivity index (χ3n) is 4.82. The van der Waals surface area contributed by atoms with Crippen molar-refractivity contribution < 1.29 is 19.1 Å². The maximum atomic E-state index is 12.4. The predicted octanol–water partition coefficient (Wildman–Crippen LogP) is 2.55. The van der Waals surface area contributed by atoms with Crippen molar-refractivity contribution in [3.8, 4) is 0 Å². The van der Waals surface area contributed by atoms with Crippen LogP contribution in [0.15, 0.2) is 18.2 Å². The van der Waals surface area contributed by atoms with Gasteiger partial charge in [0.1, 0.15) is 0 Å². The Morgan fingerprint density at radius 1 is 1.28 bits per heavy atom. The van der Waals surface area contributed by atoms with Crippen LogP contribution in [0.25, 0.3) is 0 Å². The molecule has 0 aliphatic carbocycles. The standard InChI is InChI=1S/C18H21ClN2O4/c1-12-10-13(2-4-15(12)19)3-5-16(22)20-8-6-14(7-9-20)21-17(23)11-25-18(21)24/h2,4,10,14H,3,5-9,11H2,1H3. The number of amides is 3. The van der Waals surface area contributed by atoms with E-state index in [1.807, 2.05) is 30.0 Å². The number of imide groups is 1. The Kier molecular flexibility index (Phi) is 5.27. The first-order chi connectivity index (χ1) is 12.0. The zero-order valence-corrected chi connectivity index (χ0v) is 14.9. The molecule has 3 amide bonds. The number of cyclic esters (lactones) is 1. The number of aryl methyl sites for hydroxylation is 2. The molecule has 0 aromatic heterocycles. The van der Waals surface area contributed by atoms with Gasteiger partial charge in [-0.1, -0.05) is 23.7 Å². The summed E-state index contributed by atoms with van der Waals surface area (Å²) in [5.41, 5.74) is 2.10. The van der Waals surface area contributed by atoms with Gasteiger partial charge < -0.3 is 9.64 Å². The second-order valence-electron chi connectivity index (χ2n) is 6.51. The molecule has 7 heteroatoms. The van der Waals surface area contributed by atoms with Gasteiger partial charge in [-0.2, -0.15) is 0 Å². The highest BCUT2D eigenvalue weighted by Gasteiger charge is 2.38. The molecule has 0 radical (unpaired) electrons. The van der Waals surface area contributed by atoms with Crippen LogP contribution >= 0.6 is 11.6 Å². The molecule has 134 valence electrons. The first kappa shape index (κ1) is 17.7. The van der Waals surface area contributed by atoms with Gasteiger partial charge in [-0.25, -0.2) is 9.69 Å². The lowest BCUT2D eigenvalue weighted by Gasteiger charge is -2.34. The van der Waals surface area contributed by atoms with Gasteiger partial charge in [0, 0.05) is 30.6 Å². The highest BCUT2D eigenvalue weighted by atomic mass is 35.5. The Labute approximate surface area is 151 Å². The minimum Gasteiger partial charge on any atom is -0.439 e. The molecule has 25 heavy (non-hydrogen) atoms. The number of benzene rings is 1. The fraction of sp³-hybridized carbons (Fsp3) is 0.500. The van der Waals surface area contributed by atoms with Gasteiger partial charge in [-0.3, -0.25) is 9.59 Å². The highest BCUT2D eigenvalue weighted by Crippen LogP contribution is 2.22. The number of hydrogen-bond donors (Lipinski definition) is 0. The van der Waals surface area contributed by atoms with Crippen LogP contribution in [0.3, 0.4) is 0 Å². The van der Waals surface area contributed by atoms with Crippen LogP contribution in [-0.2, 0) is 20.7 Å². The van der Waals surface area contributed by atoms with E-state index < -0.39 is 6.09 Å². The van der Waals surface area contributed by atoms with E-state index in [-0.39, 0.29) is 24.5 Å². The minimum absolute atomic E-state index is 0.0985. The van der Waals surface area contributed by atoms with E-state index in [9.17, 15) is 14.4 Å². The van der Waals surface area contributed by atoms with Crippen LogP contribution in [0.5, 0.6) is 0 Å². The maximum Gasteiger partial charge on any atom is 0.417 e. The Balaban J connectivity index is 1.49. The number of likely N-dealkylation sites (tertiary alicyclic amines) is 1. The SMILES string of the molecule is Cc1cc(CCC(=O)N2CCC(N3C(=O)COC3=O)CC2)ccc1Cl. The molecule has 0 bridgehead atoms. The fourth-order valence-corrected chi connectivity index (χ4v) is 3.48. The lowest BCUT2D eigenvalue weighted by atomic mass is 10.0. The van der Waals surface area contributed by atoms with E-state index >= 15 is 0 Å². The summed E-state index contributed by atoms with van der Waals surface area (Å²) in [6, 6.07) is 5.64. The number of piperidine rings is 1. The average Bonchev–Trinajstić information content (AvgIpc) is 2.94. The second-order valence-corrected chi connectivity index (χ2v) is 6.92. The van der Waals surface area contributed by atoms with E-state index in [0.29, 0.717) is 38.8 Å². The van der Waals surface area contributed by atoms with Gasteiger partial charge in [0.25, 0.3) is 5.91 Å². The summed E-state index contributed by atoms with van der Waals surface area (Å²) in [7, 11) is 0. The van der Waals surface area contributed by atoms with Crippen molar-refractivity contribution in [3.63, 3.8) is 0 Å². The lowest BCUT2D eigenvalue weighted by Crippen LogP contribution is -2.48. The molecule has 2 fully saturated rings. The third kappa shape index (κ3) is 3.95. The van der Waals surface area contributed by atoms with Gasteiger partial charge in [-0.15, -0.1) is 0 Å². The van der Waals surface area contributed by atoms with Crippen LogP contribution in [0.4, 0.5) is 4.79 Å². The molecule has 0 saturated carbocycles. The van der Waals surface area contributed by atoms with E-state index in [2.05, 4.69) is 0 Å². The van der Waals surface area contributed by atoms with Gasteiger partial charge in [0.15, 0.2) is 6.61 Å². The molecule has 2 heterocycles. The van der Waals surface area contributed by atoms with Crippen molar-refractivity contribution in [2.24, 2.45) is 0 Å². The Morgan fingerprint density at radius 3 is 2.60 bits per heavy atom. The Bertz CT molecular complexity index is 682. The zero-order valence-electron chi connectivity index (χ0n) is 14.2. The molecule has 2 aliphatic rings. The third-order valence-corrected chi connectivity index (χ3v) is 5.24. The predicted molar refractivity (Wildman–Crippen MR) is 92.3 cm³/mol. The summed E-state index contributed by atoms with van der Waals surface area (Å²) < 4.78 is 4.76. The van der Waals surface area contributed by atoms with Crippen molar-refractivity contribution in [2.75, 3.05) is 19.7 Å². The summed E-state index contributed by atoms with van der Waals surface area (Å²) in [4.78, 5) is 38.7. The van der Waals surface area contributed by atoms with Crippen LogP contribution in [-0.4, -0.2) is 53.4 Å². The molecular weight excluding hydrogens is 344 g/mol. The molecule has 2 aliphatic heterocycles. The fourth-order valence-electron chi connectivity index (χ4n) is 3.36. The van der Waals surface area contributed by atoms with Crippen molar-refractivity contribution >= 4 is 29.5 Å². The first-order valence-electron chi connectivity index (χ1n) is 8.47. The largest absolute Gasteiger partial charge is 0.439 e. The topological polar surface area (TPSA) is 66.9 Å². The first-order valence-corrected chi connectivity index (χ1v) is 8.85. The molecule has 0 atom stereocenters. The van der Waals surface area contributed by atoms with E-state index in [4.69, 9.17) is 16.3 Å². The molecule has 1 aromatic rings. The van der Waals surface area contributed by atoms with Crippen molar-refractivity contribution in [1.82, 2.24) is 9.80 Å². The van der Waals surface area contributed by atoms with Gasteiger partial charge >= 0.3 is 6.09 Å². The van der Waals surface area contributed by atoms with Gasteiger partial charge in [0.2, 0.25) is 5.91 Å². The second kappa shape index (κ2) is 7.44. The number of rotatable bonds is 4. The average molecular weight is 365 g/mol. The van der Waals surface area contributed by atoms with E-state index in [1.165, 1.54) is 4.90 Å². The zero-order chi connectivity index (χ0) is 18.0. The van der Waals surface area contributed by atoms with Gasteiger partial charge in [-0.05, 0) is 43.4 Å². The number of nitrogens with zero attached hydrogens (tertiary/aromatic N) is 2.